The number of likely N-dealkylation sites (tertiary alicyclic amines) is 1. The first-order valence-corrected chi connectivity index (χ1v) is 9.34. The molecule has 2 amide bonds. The summed E-state index contributed by atoms with van der Waals surface area (Å²) >= 11 is 0. The zero-order valence-corrected chi connectivity index (χ0v) is 15.4. The number of benzene rings is 1. The number of carbonyl (C=O) groups is 3. The van der Waals surface area contributed by atoms with Crippen LogP contribution < -0.4 is 4.90 Å². The van der Waals surface area contributed by atoms with Crippen molar-refractivity contribution in [3.8, 4) is 0 Å². The minimum atomic E-state index is -0.440. The van der Waals surface area contributed by atoms with Crippen molar-refractivity contribution in [1.82, 2.24) is 4.90 Å². The van der Waals surface area contributed by atoms with Crippen LogP contribution in [0.5, 0.6) is 0 Å². The number of ether oxygens (including phenoxy) is 1. The van der Waals surface area contributed by atoms with Crippen molar-refractivity contribution in [2.75, 3.05) is 25.1 Å². The van der Waals surface area contributed by atoms with Gasteiger partial charge in [0, 0.05) is 31.2 Å². The number of amides is 2. The molecule has 2 unspecified atom stereocenters. The molecule has 6 heteroatoms. The number of piperidine rings is 1. The normalized spacial score (nSPS) is 23.2. The first-order valence-electron chi connectivity index (χ1n) is 9.34. The Morgan fingerprint density at radius 3 is 2.81 bits per heavy atom. The molecule has 0 aromatic heterocycles. The monoisotopic (exact) mass is 358 g/mol. The molecule has 1 aromatic rings. The van der Waals surface area contributed by atoms with E-state index in [4.69, 9.17) is 4.74 Å². The molecule has 2 atom stereocenters. The van der Waals surface area contributed by atoms with E-state index < -0.39 is 5.97 Å². The summed E-state index contributed by atoms with van der Waals surface area (Å²) in [5.74, 6) is -0.728. The highest BCUT2D eigenvalue weighted by Crippen LogP contribution is 2.29. The van der Waals surface area contributed by atoms with E-state index in [1.54, 1.807) is 29.2 Å². The van der Waals surface area contributed by atoms with E-state index in [-0.39, 0.29) is 24.2 Å². The molecular formula is C20H26N2O4. The summed E-state index contributed by atoms with van der Waals surface area (Å²) in [6.07, 6.45) is 4.44. The summed E-state index contributed by atoms with van der Waals surface area (Å²) in [5, 5.41) is 0. The lowest BCUT2D eigenvalue weighted by molar-refractivity contribution is -0.139. The Morgan fingerprint density at radius 2 is 2.08 bits per heavy atom. The number of methoxy groups -OCH3 is 1. The number of hydrogen-bond donors (Lipinski definition) is 0. The highest BCUT2D eigenvalue weighted by atomic mass is 16.5. The molecule has 0 radical (unpaired) electrons. The van der Waals surface area contributed by atoms with Crippen LogP contribution >= 0.6 is 0 Å². The highest BCUT2D eigenvalue weighted by molar-refractivity contribution is 6.01. The lowest BCUT2D eigenvalue weighted by Gasteiger charge is -2.36. The second-order valence-electron chi connectivity index (χ2n) is 7.04. The van der Waals surface area contributed by atoms with E-state index in [1.165, 1.54) is 13.5 Å². The number of rotatable bonds is 4. The molecule has 140 valence electrons. The fraction of sp³-hybridized carbons (Fsp3) is 0.550. The molecule has 2 fully saturated rings. The van der Waals surface area contributed by atoms with E-state index >= 15 is 0 Å². The molecule has 0 aliphatic carbocycles. The largest absolute Gasteiger partial charge is 0.465 e. The average molecular weight is 358 g/mol. The van der Waals surface area contributed by atoms with Crippen LogP contribution in [0, 0.1) is 5.92 Å². The minimum absolute atomic E-state index is 0.0737. The van der Waals surface area contributed by atoms with Gasteiger partial charge in [-0.25, -0.2) is 4.79 Å². The van der Waals surface area contributed by atoms with Crippen LogP contribution in [0.15, 0.2) is 24.3 Å². The number of nitrogens with zero attached hydrogens (tertiary/aromatic N) is 2. The highest BCUT2D eigenvalue weighted by Gasteiger charge is 2.39. The van der Waals surface area contributed by atoms with E-state index in [2.05, 4.69) is 6.92 Å². The predicted octanol–water partition coefficient (Wildman–Crippen LogP) is 2.62. The van der Waals surface area contributed by atoms with Crippen molar-refractivity contribution in [1.29, 1.82) is 0 Å². The van der Waals surface area contributed by atoms with Crippen LogP contribution in [0.4, 0.5) is 5.69 Å². The molecule has 3 rings (SSSR count). The van der Waals surface area contributed by atoms with Gasteiger partial charge in [0.2, 0.25) is 11.8 Å². The molecule has 1 aromatic carbocycles. The zero-order chi connectivity index (χ0) is 18.7. The van der Waals surface area contributed by atoms with Crippen molar-refractivity contribution in [2.45, 2.75) is 45.1 Å². The van der Waals surface area contributed by atoms with Crippen LogP contribution in [0.3, 0.4) is 0 Å². The van der Waals surface area contributed by atoms with Crippen LogP contribution in [-0.2, 0) is 14.3 Å². The molecule has 0 N–H and O–H groups in total. The number of anilines is 1. The van der Waals surface area contributed by atoms with Gasteiger partial charge in [-0.05, 0) is 43.9 Å². The summed E-state index contributed by atoms with van der Waals surface area (Å²) < 4.78 is 4.74. The maximum Gasteiger partial charge on any atom is 0.337 e. The SMILES string of the molecule is CCC1CCCCN1C(=O)C1CC(=O)N(c2cccc(C(=O)OC)c2)C1. The Balaban J connectivity index is 1.74. The van der Waals surface area contributed by atoms with Crippen LogP contribution in [0.25, 0.3) is 0 Å². The quantitative estimate of drug-likeness (QED) is 0.776. The van der Waals surface area contributed by atoms with E-state index in [1.807, 2.05) is 4.90 Å². The third-order valence-corrected chi connectivity index (χ3v) is 5.43. The van der Waals surface area contributed by atoms with Crippen molar-refractivity contribution >= 4 is 23.5 Å². The number of carbonyl (C=O) groups excluding carboxylic acids is 3. The summed E-state index contributed by atoms with van der Waals surface area (Å²) in [6, 6.07) is 7.10. The van der Waals surface area contributed by atoms with Gasteiger partial charge in [0.15, 0.2) is 0 Å². The van der Waals surface area contributed by atoms with Crippen LogP contribution in [0.1, 0.15) is 49.4 Å². The standard InChI is InChI=1S/C20H26N2O4/c1-3-16-8-4-5-10-21(16)19(24)15-12-18(23)22(13-15)17-9-6-7-14(11-17)20(25)26-2/h6-7,9,11,15-16H,3-5,8,10,12-13H2,1-2H3. The number of esters is 1. The summed E-state index contributed by atoms with van der Waals surface area (Å²) in [6.45, 7) is 3.27. The van der Waals surface area contributed by atoms with Crippen molar-refractivity contribution in [3.63, 3.8) is 0 Å². The molecule has 6 nitrogen and oxygen atoms in total. The second-order valence-corrected chi connectivity index (χ2v) is 7.04. The first-order chi connectivity index (χ1) is 12.5. The molecule has 2 saturated heterocycles. The predicted molar refractivity (Wildman–Crippen MR) is 97.9 cm³/mol. The Morgan fingerprint density at radius 1 is 1.27 bits per heavy atom. The summed E-state index contributed by atoms with van der Waals surface area (Å²) in [7, 11) is 1.33. The molecule has 2 heterocycles. The Kier molecular flexibility index (Phi) is 5.59. The van der Waals surface area contributed by atoms with Gasteiger partial charge in [0.25, 0.3) is 0 Å². The molecular weight excluding hydrogens is 332 g/mol. The molecule has 0 spiro atoms. The lowest BCUT2D eigenvalue weighted by Crippen LogP contribution is -2.46. The van der Waals surface area contributed by atoms with Gasteiger partial charge in [0.1, 0.15) is 0 Å². The van der Waals surface area contributed by atoms with Gasteiger partial charge in [-0.1, -0.05) is 13.0 Å². The van der Waals surface area contributed by atoms with Crippen LogP contribution in [0.2, 0.25) is 0 Å². The lowest BCUT2D eigenvalue weighted by atomic mass is 9.97. The molecule has 0 bridgehead atoms. The van der Waals surface area contributed by atoms with E-state index in [0.717, 1.165) is 25.8 Å². The Labute approximate surface area is 154 Å². The maximum absolute atomic E-state index is 13.0. The van der Waals surface area contributed by atoms with Crippen molar-refractivity contribution < 1.29 is 19.1 Å². The fourth-order valence-corrected chi connectivity index (χ4v) is 3.99. The van der Waals surface area contributed by atoms with Crippen LogP contribution in [-0.4, -0.2) is 48.9 Å². The molecule has 2 aliphatic rings. The van der Waals surface area contributed by atoms with Gasteiger partial charge in [-0.3, -0.25) is 9.59 Å². The van der Waals surface area contributed by atoms with E-state index in [0.29, 0.717) is 23.8 Å². The number of hydrogen-bond acceptors (Lipinski definition) is 4. The van der Waals surface area contributed by atoms with Crippen molar-refractivity contribution in [3.05, 3.63) is 29.8 Å². The van der Waals surface area contributed by atoms with Gasteiger partial charge < -0.3 is 14.5 Å². The molecule has 2 aliphatic heterocycles. The summed E-state index contributed by atoms with van der Waals surface area (Å²) in [4.78, 5) is 40.8. The smallest absolute Gasteiger partial charge is 0.337 e. The molecule has 26 heavy (non-hydrogen) atoms. The summed E-state index contributed by atoms with van der Waals surface area (Å²) in [5.41, 5.74) is 1.04. The fourth-order valence-electron chi connectivity index (χ4n) is 3.99. The van der Waals surface area contributed by atoms with Crippen molar-refractivity contribution in [2.24, 2.45) is 5.92 Å². The van der Waals surface area contributed by atoms with Gasteiger partial charge in [-0.2, -0.15) is 0 Å². The Bertz CT molecular complexity index is 703. The Hall–Kier alpha value is -2.37. The minimum Gasteiger partial charge on any atom is -0.465 e. The average Bonchev–Trinajstić information content (AvgIpc) is 3.08. The zero-order valence-electron chi connectivity index (χ0n) is 15.4. The van der Waals surface area contributed by atoms with E-state index in [9.17, 15) is 14.4 Å². The second kappa shape index (κ2) is 7.89. The van der Waals surface area contributed by atoms with Gasteiger partial charge >= 0.3 is 5.97 Å². The van der Waals surface area contributed by atoms with Gasteiger partial charge in [-0.15, -0.1) is 0 Å². The maximum atomic E-state index is 13.0. The molecule has 0 saturated carbocycles. The first kappa shape index (κ1) is 18.4. The third-order valence-electron chi connectivity index (χ3n) is 5.43. The third kappa shape index (κ3) is 3.59. The topological polar surface area (TPSA) is 66.9 Å². The van der Waals surface area contributed by atoms with Gasteiger partial charge in [0.05, 0.1) is 18.6 Å².